The molecule has 0 saturated carbocycles. The summed E-state index contributed by atoms with van der Waals surface area (Å²) in [5.41, 5.74) is 1.94. The van der Waals surface area contributed by atoms with Crippen LogP contribution < -0.4 is 10.2 Å². The maximum absolute atomic E-state index is 12.7. The van der Waals surface area contributed by atoms with E-state index < -0.39 is 0 Å². The van der Waals surface area contributed by atoms with Crippen LogP contribution in [0.1, 0.15) is 38.5 Å². The number of anilines is 1. The van der Waals surface area contributed by atoms with Gasteiger partial charge in [0.05, 0.1) is 11.6 Å². The molecule has 1 aromatic heterocycles. The Hall–Kier alpha value is -2.47. The number of benzene rings is 1. The number of nitrogens with zero attached hydrogens (tertiary/aromatic N) is 4. The van der Waals surface area contributed by atoms with Crippen LogP contribution in [0.15, 0.2) is 42.5 Å². The normalized spacial score (nSPS) is 20.1. The second-order valence-electron chi connectivity index (χ2n) is 8.47. The number of amides is 1. The van der Waals surface area contributed by atoms with E-state index in [1.807, 2.05) is 42.5 Å². The van der Waals surface area contributed by atoms with E-state index in [-0.39, 0.29) is 11.8 Å². The fourth-order valence-corrected chi connectivity index (χ4v) is 4.50. The number of piperidine rings is 2. The van der Waals surface area contributed by atoms with Crippen molar-refractivity contribution in [2.24, 2.45) is 5.92 Å². The highest BCUT2D eigenvalue weighted by Gasteiger charge is 2.26. The number of hydrogen-bond donors (Lipinski definition) is 1. The van der Waals surface area contributed by atoms with E-state index >= 15 is 0 Å². The topological polar surface area (TPSA) is 61.4 Å². The number of likely N-dealkylation sites (tertiary alicyclic amines) is 1. The minimum absolute atomic E-state index is 0.0318. The maximum atomic E-state index is 12.7. The molecule has 0 aliphatic carbocycles. The summed E-state index contributed by atoms with van der Waals surface area (Å²) in [4.78, 5) is 17.4. The van der Waals surface area contributed by atoms with Crippen LogP contribution in [0, 0.1) is 5.92 Å². The van der Waals surface area contributed by atoms with Crippen molar-refractivity contribution >= 4 is 11.7 Å². The van der Waals surface area contributed by atoms with Crippen LogP contribution in [-0.2, 0) is 4.79 Å². The molecule has 1 unspecified atom stereocenters. The van der Waals surface area contributed by atoms with Crippen LogP contribution in [0.3, 0.4) is 0 Å². The quantitative estimate of drug-likeness (QED) is 0.713. The van der Waals surface area contributed by atoms with Crippen molar-refractivity contribution in [3.05, 3.63) is 42.5 Å². The van der Waals surface area contributed by atoms with Gasteiger partial charge in [0.2, 0.25) is 5.91 Å². The molecule has 4 rings (SSSR count). The molecule has 2 aliphatic heterocycles. The molecule has 2 saturated heterocycles. The van der Waals surface area contributed by atoms with Crippen molar-refractivity contribution in [2.45, 2.75) is 38.5 Å². The number of rotatable bonds is 7. The van der Waals surface area contributed by atoms with Gasteiger partial charge in [0.15, 0.2) is 5.82 Å². The Morgan fingerprint density at radius 1 is 0.967 bits per heavy atom. The summed E-state index contributed by atoms with van der Waals surface area (Å²) >= 11 is 0. The highest BCUT2D eigenvalue weighted by Crippen LogP contribution is 2.23. The zero-order valence-electron chi connectivity index (χ0n) is 17.8. The molecule has 0 radical (unpaired) electrons. The maximum Gasteiger partial charge on any atom is 0.224 e. The van der Waals surface area contributed by atoms with Gasteiger partial charge in [0, 0.05) is 25.2 Å². The Kier molecular flexibility index (Phi) is 7.29. The fourth-order valence-electron chi connectivity index (χ4n) is 4.50. The van der Waals surface area contributed by atoms with E-state index in [1.54, 1.807) is 0 Å². The van der Waals surface area contributed by atoms with E-state index in [0.29, 0.717) is 0 Å². The summed E-state index contributed by atoms with van der Waals surface area (Å²) in [7, 11) is 0. The highest BCUT2D eigenvalue weighted by atomic mass is 16.1. The Morgan fingerprint density at radius 2 is 1.80 bits per heavy atom. The monoisotopic (exact) mass is 407 g/mol. The molecule has 6 heteroatoms. The lowest BCUT2D eigenvalue weighted by molar-refractivity contribution is -0.125. The van der Waals surface area contributed by atoms with Crippen LogP contribution in [0.2, 0.25) is 0 Å². The second-order valence-corrected chi connectivity index (χ2v) is 8.47. The third-order valence-electron chi connectivity index (χ3n) is 6.24. The molecule has 1 amide bonds. The molecule has 1 N–H and O–H groups in total. The van der Waals surface area contributed by atoms with Gasteiger partial charge in [-0.3, -0.25) is 4.79 Å². The van der Waals surface area contributed by atoms with Crippen LogP contribution in [-0.4, -0.2) is 60.3 Å². The van der Waals surface area contributed by atoms with E-state index in [0.717, 1.165) is 62.5 Å². The van der Waals surface area contributed by atoms with Gasteiger partial charge < -0.3 is 15.1 Å². The van der Waals surface area contributed by atoms with E-state index in [2.05, 4.69) is 25.3 Å². The zero-order valence-corrected chi connectivity index (χ0v) is 17.8. The molecule has 1 atom stereocenters. The molecule has 0 spiro atoms. The Morgan fingerprint density at radius 3 is 2.57 bits per heavy atom. The van der Waals surface area contributed by atoms with Crippen molar-refractivity contribution in [3.8, 4) is 11.3 Å². The number of carbonyl (C=O) groups is 1. The summed E-state index contributed by atoms with van der Waals surface area (Å²) in [5, 5.41) is 12.0. The van der Waals surface area contributed by atoms with Crippen molar-refractivity contribution < 1.29 is 4.79 Å². The van der Waals surface area contributed by atoms with Gasteiger partial charge in [0.25, 0.3) is 0 Å². The standard InChI is InChI=1S/C24H33N5O/c30-24(25-14-8-17-28-15-5-2-6-16-28)21-11-7-18-29(19-21)23-13-12-22(26-27-23)20-9-3-1-4-10-20/h1,3-4,9-10,12-13,21H,2,5-8,11,14-19H2,(H,25,30). The van der Waals surface area contributed by atoms with Crippen molar-refractivity contribution in [1.29, 1.82) is 0 Å². The van der Waals surface area contributed by atoms with Crippen LogP contribution in [0.25, 0.3) is 11.3 Å². The molecule has 1 aromatic carbocycles. The molecule has 0 bridgehead atoms. The van der Waals surface area contributed by atoms with Crippen LogP contribution in [0.4, 0.5) is 5.82 Å². The van der Waals surface area contributed by atoms with Crippen molar-refractivity contribution in [3.63, 3.8) is 0 Å². The van der Waals surface area contributed by atoms with Gasteiger partial charge in [-0.05, 0) is 63.9 Å². The lowest BCUT2D eigenvalue weighted by Crippen LogP contribution is -2.44. The lowest BCUT2D eigenvalue weighted by Gasteiger charge is -2.32. The minimum Gasteiger partial charge on any atom is -0.356 e. The van der Waals surface area contributed by atoms with E-state index in [1.165, 1.54) is 32.4 Å². The first-order chi connectivity index (χ1) is 14.8. The molecule has 160 valence electrons. The predicted octanol–water partition coefficient (Wildman–Crippen LogP) is 3.35. The zero-order chi connectivity index (χ0) is 20.6. The highest BCUT2D eigenvalue weighted by molar-refractivity contribution is 5.79. The van der Waals surface area contributed by atoms with E-state index in [4.69, 9.17) is 0 Å². The van der Waals surface area contributed by atoms with Gasteiger partial charge in [-0.25, -0.2) is 0 Å². The average molecular weight is 408 g/mol. The summed E-state index contributed by atoms with van der Waals surface area (Å²) < 4.78 is 0. The largest absolute Gasteiger partial charge is 0.356 e. The van der Waals surface area contributed by atoms with Crippen LogP contribution in [0.5, 0.6) is 0 Å². The number of nitrogens with one attached hydrogen (secondary N) is 1. The predicted molar refractivity (Wildman–Crippen MR) is 120 cm³/mol. The first-order valence-corrected chi connectivity index (χ1v) is 11.4. The minimum atomic E-state index is 0.0318. The fraction of sp³-hybridized carbons (Fsp3) is 0.542. The molecule has 30 heavy (non-hydrogen) atoms. The van der Waals surface area contributed by atoms with Crippen molar-refractivity contribution in [1.82, 2.24) is 20.4 Å². The van der Waals surface area contributed by atoms with Gasteiger partial charge in [-0.1, -0.05) is 36.8 Å². The molecule has 6 nitrogen and oxygen atoms in total. The summed E-state index contributed by atoms with van der Waals surface area (Å²) in [6, 6.07) is 14.1. The molecule has 2 fully saturated rings. The Labute approximate surface area is 179 Å². The average Bonchev–Trinajstić information content (AvgIpc) is 2.83. The number of aromatic nitrogens is 2. The second kappa shape index (κ2) is 10.5. The smallest absolute Gasteiger partial charge is 0.224 e. The summed E-state index contributed by atoms with van der Waals surface area (Å²) in [5.74, 6) is 1.08. The van der Waals surface area contributed by atoms with Gasteiger partial charge >= 0.3 is 0 Å². The molecule has 2 aromatic rings. The third-order valence-corrected chi connectivity index (χ3v) is 6.24. The number of carbonyl (C=O) groups excluding carboxylic acids is 1. The van der Waals surface area contributed by atoms with Gasteiger partial charge in [-0.15, -0.1) is 10.2 Å². The van der Waals surface area contributed by atoms with Gasteiger partial charge in [-0.2, -0.15) is 0 Å². The lowest BCUT2D eigenvalue weighted by atomic mass is 9.97. The number of hydrogen-bond acceptors (Lipinski definition) is 5. The first-order valence-electron chi connectivity index (χ1n) is 11.4. The van der Waals surface area contributed by atoms with Crippen molar-refractivity contribution in [2.75, 3.05) is 44.2 Å². The molecular formula is C24H33N5O. The first kappa shape index (κ1) is 20.8. The summed E-state index contributed by atoms with van der Waals surface area (Å²) in [6.07, 6.45) is 7.00. The Bertz CT molecular complexity index is 789. The molecular weight excluding hydrogens is 374 g/mol. The SMILES string of the molecule is O=C(NCCCN1CCCCC1)C1CCCN(c2ccc(-c3ccccc3)nn2)C1. The van der Waals surface area contributed by atoms with Gasteiger partial charge in [0.1, 0.15) is 0 Å². The third kappa shape index (κ3) is 5.57. The Balaban J connectivity index is 1.25. The summed E-state index contributed by atoms with van der Waals surface area (Å²) in [6.45, 7) is 5.96. The van der Waals surface area contributed by atoms with Crippen LogP contribution >= 0.6 is 0 Å². The van der Waals surface area contributed by atoms with E-state index in [9.17, 15) is 4.79 Å². The molecule has 3 heterocycles. The molecule has 2 aliphatic rings.